The van der Waals surface area contributed by atoms with Gasteiger partial charge in [0.2, 0.25) is 0 Å². The van der Waals surface area contributed by atoms with Crippen LogP contribution in [0.25, 0.3) is 0 Å². The van der Waals surface area contributed by atoms with Gasteiger partial charge in [0.1, 0.15) is 0 Å². The van der Waals surface area contributed by atoms with Crippen LogP contribution in [-0.4, -0.2) is 19.8 Å². The number of hydrogen-bond acceptors (Lipinski definition) is 2. The fourth-order valence-electron chi connectivity index (χ4n) is 1.73. The second kappa shape index (κ2) is 8.09. The topological polar surface area (TPSA) is 21.3 Å². The predicted octanol–water partition coefficient (Wildman–Crippen LogP) is 4.01. The third-order valence-corrected chi connectivity index (χ3v) is 3.46. The molecule has 0 saturated carbocycles. The van der Waals surface area contributed by atoms with Crippen molar-refractivity contribution in [2.24, 2.45) is 0 Å². The van der Waals surface area contributed by atoms with Gasteiger partial charge in [-0.1, -0.05) is 40.9 Å². The standard InChI is InChI=1S/C13H19BrClNO/c1-3-4-12(9-17-2)16-8-10-7-11(14)5-6-13(10)15/h5-7,12,16H,3-4,8-9H2,1-2H3. The Balaban J connectivity index is 2.55. The molecular formula is C13H19BrClNO. The van der Waals surface area contributed by atoms with Crippen LogP contribution in [0, 0.1) is 0 Å². The molecule has 0 fully saturated rings. The highest BCUT2D eigenvalue weighted by Crippen LogP contribution is 2.21. The van der Waals surface area contributed by atoms with Crippen LogP contribution in [0.5, 0.6) is 0 Å². The van der Waals surface area contributed by atoms with Gasteiger partial charge in [-0.15, -0.1) is 0 Å². The summed E-state index contributed by atoms with van der Waals surface area (Å²) in [6.45, 7) is 3.68. The zero-order valence-corrected chi connectivity index (χ0v) is 12.6. The molecule has 1 rings (SSSR count). The third-order valence-electron chi connectivity index (χ3n) is 2.59. The van der Waals surface area contributed by atoms with Crippen molar-refractivity contribution in [1.29, 1.82) is 0 Å². The van der Waals surface area contributed by atoms with Crippen molar-refractivity contribution in [2.45, 2.75) is 32.4 Å². The van der Waals surface area contributed by atoms with Crippen molar-refractivity contribution < 1.29 is 4.74 Å². The van der Waals surface area contributed by atoms with E-state index in [2.05, 4.69) is 28.2 Å². The molecule has 0 saturated heterocycles. The number of rotatable bonds is 7. The van der Waals surface area contributed by atoms with Gasteiger partial charge in [0, 0.05) is 29.2 Å². The van der Waals surface area contributed by atoms with E-state index in [1.807, 2.05) is 18.2 Å². The minimum atomic E-state index is 0.389. The molecule has 2 nitrogen and oxygen atoms in total. The number of benzene rings is 1. The largest absolute Gasteiger partial charge is 0.383 e. The summed E-state index contributed by atoms with van der Waals surface area (Å²) in [6, 6.07) is 6.30. The maximum atomic E-state index is 6.14. The molecule has 0 spiro atoms. The zero-order valence-electron chi connectivity index (χ0n) is 10.3. The van der Waals surface area contributed by atoms with Crippen molar-refractivity contribution in [3.8, 4) is 0 Å². The smallest absolute Gasteiger partial charge is 0.0615 e. The summed E-state index contributed by atoms with van der Waals surface area (Å²) in [5, 5.41) is 4.28. The normalized spacial score (nSPS) is 12.7. The Morgan fingerprint density at radius 1 is 1.47 bits per heavy atom. The van der Waals surface area contributed by atoms with Crippen molar-refractivity contribution in [3.05, 3.63) is 33.3 Å². The second-order valence-electron chi connectivity index (χ2n) is 4.06. The molecule has 0 heterocycles. The van der Waals surface area contributed by atoms with Crippen LogP contribution >= 0.6 is 27.5 Å². The van der Waals surface area contributed by atoms with Crippen LogP contribution in [0.15, 0.2) is 22.7 Å². The van der Waals surface area contributed by atoms with Gasteiger partial charge in [-0.3, -0.25) is 0 Å². The first-order valence-electron chi connectivity index (χ1n) is 5.83. The number of methoxy groups -OCH3 is 1. The number of nitrogens with one attached hydrogen (secondary N) is 1. The fourth-order valence-corrected chi connectivity index (χ4v) is 2.32. The van der Waals surface area contributed by atoms with Gasteiger partial charge in [-0.25, -0.2) is 0 Å². The molecule has 1 atom stereocenters. The SMILES string of the molecule is CCCC(COC)NCc1cc(Br)ccc1Cl. The van der Waals surface area contributed by atoms with E-state index in [0.29, 0.717) is 6.04 Å². The van der Waals surface area contributed by atoms with Gasteiger partial charge in [0.15, 0.2) is 0 Å². The van der Waals surface area contributed by atoms with Gasteiger partial charge >= 0.3 is 0 Å². The van der Waals surface area contributed by atoms with Crippen LogP contribution in [-0.2, 0) is 11.3 Å². The molecular weight excluding hydrogens is 302 g/mol. The van der Waals surface area contributed by atoms with Gasteiger partial charge in [0.25, 0.3) is 0 Å². The Morgan fingerprint density at radius 3 is 2.88 bits per heavy atom. The Labute approximate surface area is 117 Å². The van der Waals surface area contributed by atoms with Crippen LogP contribution in [0.3, 0.4) is 0 Å². The fraction of sp³-hybridized carbons (Fsp3) is 0.538. The highest BCUT2D eigenvalue weighted by molar-refractivity contribution is 9.10. The predicted molar refractivity (Wildman–Crippen MR) is 76.6 cm³/mol. The Bertz CT molecular complexity index is 340. The third kappa shape index (κ3) is 5.38. The Morgan fingerprint density at radius 2 is 2.24 bits per heavy atom. The Hall–Kier alpha value is -0.0900. The summed E-state index contributed by atoms with van der Waals surface area (Å²) >= 11 is 9.60. The first kappa shape index (κ1) is 15.0. The lowest BCUT2D eigenvalue weighted by Crippen LogP contribution is -2.32. The first-order valence-corrected chi connectivity index (χ1v) is 7.00. The summed E-state index contributed by atoms with van der Waals surface area (Å²) in [5.74, 6) is 0. The van der Waals surface area contributed by atoms with Gasteiger partial charge < -0.3 is 10.1 Å². The summed E-state index contributed by atoms with van der Waals surface area (Å²) in [4.78, 5) is 0. The minimum Gasteiger partial charge on any atom is -0.383 e. The van der Waals surface area contributed by atoms with E-state index < -0.39 is 0 Å². The van der Waals surface area contributed by atoms with E-state index in [1.165, 1.54) is 0 Å². The van der Waals surface area contributed by atoms with E-state index >= 15 is 0 Å². The molecule has 1 N–H and O–H groups in total. The van der Waals surface area contributed by atoms with E-state index in [0.717, 1.165) is 41.1 Å². The molecule has 0 aliphatic carbocycles. The van der Waals surface area contributed by atoms with Gasteiger partial charge in [-0.2, -0.15) is 0 Å². The maximum absolute atomic E-state index is 6.14. The summed E-state index contributed by atoms with van der Waals surface area (Å²) in [5.41, 5.74) is 1.11. The van der Waals surface area contributed by atoms with Crippen molar-refractivity contribution in [1.82, 2.24) is 5.32 Å². The van der Waals surface area contributed by atoms with E-state index in [1.54, 1.807) is 7.11 Å². The van der Waals surface area contributed by atoms with E-state index in [-0.39, 0.29) is 0 Å². The molecule has 1 unspecified atom stereocenters. The van der Waals surface area contributed by atoms with Crippen LogP contribution in [0.4, 0.5) is 0 Å². The lowest BCUT2D eigenvalue weighted by atomic mass is 10.1. The number of hydrogen-bond donors (Lipinski definition) is 1. The van der Waals surface area contributed by atoms with Gasteiger partial charge in [0.05, 0.1) is 6.61 Å². The molecule has 1 aromatic carbocycles. The summed E-state index contributed by atoms with van der Waals surface area (Å²) < 4.78 is 6.25. The van der Waals surface area contributed by atoms with Crippen molar-refractivity contribution in [2.75, 3.05) is 13.7 Å². The maximum Gasteiger partial charge on any atom is 0.0615 e. The van der Waals surface area contributed by atoms with E-state index in [4.69, 9.17) is 16.3 Å². The molecule has 0 aliphatic rings. The van der Waals surface area contributed by atoms with Crippen molar-refractivity contribution >= 4 is 27.5 Å². The van der Waals surface area contributed by atoms with Crippen LogP contribution in [0.2, 0.25) is 5.02 Å². The Kier molecular flexibility index (Phi) is 7.12. The van der Waals surface area contributed by atoms with E-state index in [9.17, 15) is 0 Å². The summed E-state index contributed by atoms with van der Waals surface area (Å²) in [6.07, 6.45) is 2.26. The molecule has 1 aromatic rings. The quantitative estimate of drug-likeness (QED) is 0.819. The van der Waals surface area contributed by atoms with Crippen LogP contribution < -0.4 is 5.32 Å². The minimum absolute atomic E-state index is 0.389. The highest BCUT2D eigenvalue weighted by atomic mass is 79.9. The molecule has 0 radical (unpaired) electrons. The van der Waals surface area contributed by atoms with Gasteiger partial charge in [-0.05, 0) is 30.2 Å². The van der Waals surface area contributed by atoms with Crippen molar-refractivity contribution in [3.63, 3.8) is 0 Å². The zero-order chi connectivity index (χ0) is 12.7. The molecule has 17 heavy (non-hydrogen) atoms. The molecule has 0 aromatic heterocycles. The number of ether oxygens (including phenoxy) is 1. The summed E-state index contributed by atoms with van der Waals surface area (Å²) in [7, 11) is 1.73. The molecule has 0 bridgehead atoms. The lowest BCUT2D eigenvalue weighted by molar-refractivity contribution is 0.161. The molecule has 4 heteroatoms. The average molecular weight is 321 g/mol. The molecule has 0 amide bonds. The highest BCUT2D eigenvalue weighted by Gasteiger charge is 2.08. The average Bonchev–Trinajstić information content (AvgIpc) is 2.30. The molecule has 96 valence electrons. The lowest BCUT2D eigenvalue weighted by Gasteiger charge is -2.17. The number of halogens is 2. The molecule has 0 aliphatic heterocycles. The second-order valence-corrected chi connectivity index (χ2v) is 5.38. The first-order chi connectivity index (χ1) is 8.17. The monoisotopic (exact) mass is 319 g/mol. The van der Waals surface area contributed by atoms with Crippen LogP contribution in [0.1, 0.15) is 25.3 Å².